The van der Waals surface area contributed by atoms with Crippen molar-refractivity contribution in [1.82, 2.24) is 15.2 Å². The summed E-state index contributed by atoms with van der Waals surface area (Å²) in [7, 11) is 1.63. The molecular weight excluding hydrogens is 288 g/mol. The number of para-hydroxylation sites is 2. The van der Waals surface area contributed by atoms with Crippen molar-refractivity contribution in [2.24, 2.45) is 0 Å². The zero-order chi connectivity index (χ0) is 14.5. The lowest BCUT2D eigenvalue weighted by Gasteiger charge is -2.07. The Hall–Kier alpha value is -2.41. The minimum Gasteiger partial charge on any atom is -0.495 e. The fraction of sp³-hybridized carbons (Fsp3) is 0.143. The van der Waals surface area contributed by atoms with Gasteiger partial charge in [-0.2, -0.15) is 4.98 Å². The molecule has 2 aromatic heterocycles. The second kappa shape index (κ2) is 6.36. The molecule has 2 heterocycles. The summed E-state index contributed by atoms with van der Waals surface area (Å²) in [6.45, 7) is 0. The van der Waals surface area contributed by atoms with E-state index in [4.69, 9.17) is 9.15 Å². The Kier molecular flexibility index (Phi) is 4.11. The predicted molar refractivity (Wildman–Crippen MR) is 80.9 cm³/mol. The first-order valence-electron chi connectivity index (χ1n) is 6.31. The average Bonchev–Trinajstić information content (AvgIpc) is 3.17. The third-order valence-electron chi connectivity index (χ3n) is 2.77. The molecule has 3 rings (SSSR count). The van der Waals surface area contributed by atoms with Crippen molar-refractivity contribution >= 4 is 23.4 Å². The van der Waals surface area contributed by atoms with Gasteiger partial charge in [0.1, 0.15) is 5.75 Å². The molecule has 21 heavy (non-hydrogen) atoms. The van der Waals surface area contributed by atoms with Gasteiger partial charge in [-0.25, -0.2) is 5.10 Å². The van der Waals surface area contributed by atoms with E-state index in [0.717, 1.165) is 22.8 Å². The molecule has 0 amide bonds. The van der Waals surface area contributed by atoms with E-state index in [-0.39, 0.29) is 0 Å². The van der Waals surface area contributed by atoms with Gasteiger partial charge >= 0.3 is 0 Å². The molecular formula is C14H14N4O2S. The fourth-order valence-corrected chi connectivity index (χ4v) is 2.49. The zero-order valence-electron chi connectivity index (χ0n) is 11.4. The Morgan fingerprint density at radius 1 is 1.33 bits per heavy atom. The third-order valence-corrected chi connectivity index (χ3v) is 3.69. The van der Waals surface area contributed by atoms with Crippen LogP contribution >= 0.6 is 11.8 Å². The van der Waals surface area contributed by atoms with Gasteiger partial charge in [0.2, 0.25) is 11.1 Å². The number of benzene rings is 1. The van der Waals surface area contributed by atoms with Crippen molar-refractivity contribution in [1.29, 1.82) is 0 Å². The van der Waals surface area contributed by atoms with Crippen LogP contribution < -0.4 is 10.1 Å². The maximum absolute atomic E-state index is 5.28. The van der Waals surface area contributed by atoms with Crippen LogP contribution in [0.25, 0.3) is 0 Å². The highest BCUT2D eigenvalue weighted by Gasteiger charge is 2.07. The molecule has 0 aliphatic heterocycles. The molecule has 0 bridgehead atoms. The molecule has 6 nitrogen and oxygen atoms in total. The van der Waals surface area contributed by atoms with Crippen molar-refractivity contribution in [3.63, 3.8) is 0 Å². The topological polar surface area (TPSA) is 76.0 Å². The molecule has 0 unspecified atom stereocenters. The van der Waals surface area contributed by atoms with E-state index in [1.807, 2.05) is 30.3 Å². The number of ether oxygens (including phenoxy) is 1. The Bertz CT molecular complexity index is 697. The van der Waals surface area contributed by atoms with E-state index in [1.54, 1.807) is 19.6 Å². The number of anilines is 2. The number of thioether (sulfide) groups is 1. The average molecular weight is 302 g/mol. The molecule has 0 fully saturated rings. The molecule has 0 spiro atoms. The number of methoxy groups -OCH3 is 1. The van der Waals surface area contributed by atoms with Crippen LogP contribution in [0.15, 0.2) is 52.4 Å². The van der Waals surface area contributed by atoms with Crippen LogP contribution in [0, 0.1) is 0 Å². The van der Waals surface area contributed by atoms with Crippen LogP contribution in [0.1, 0.15) is 5.56 Å². The molecule has 2 N–H and O–H groups in total. The molecule has 0 saturated carbocycles. The van der Waals surface area contributed by atoms with Gasteiger partial charge in [-0.1, -0.05) is 23.9 Å². The predicted octanol–water partition coefficient (Wildman–Crippen LogP) is 3.44. The molecule has 0 aliphatic rings. The number of H-pyrrole nitrogens is 1. The van der Waals surface area contributed by atoms with Gasteiger partial charge in [-0.3, -0.25) is 0 Å². The molecule has 0 saturated heterocycles. The second-order valence-corrected chi connectivity index (χ2v) is 5.15. The van der Waals surface area contributed by atoms with Crippen molar-refractivity contribution in [2.45, 2.75) is 10.9 Å². The third kappa shape index (κ3) is 3.38. The van der Waals surface area contributed by atoms with Crippen molar-refractivity contribution in [2.75, 3.05) is 12.4 Å². The van der Waals surface area contributed by atoms with Gasteiger partial charge in [0.05, 0.1) is 25.3 Å². The summed E-state index contributed by atoms with van der Waals surface area (Å²) in [5, 5.41) is 10.8. The Morgan fingerprint density at radius 3 is 3.05 bits per heavy atom. The number of aromatic amines is 1. The van der Waals surface area contributed by atoms with Crippen LogP contribution in [0.3, 0.4) is 0 Å². The zero-order valence-corrected chi connectivity index (χ0v) is 12.2. The van der Waals surface area contributed by atoms with E-state index >= 15 is 0 Å². The summed E-state index contributed by atoms with van der Waals surface area (Å²) in [5.74, 6) is 2.10. The highest BCUT2D eigenvalue weighted by molar-refractivity contribution is 7.98. The van der Waals surface area contributed by atoms with E-state index in [2.05, 4.69) is 20.5 Å². The van der Waals surface area contributed by atoms with Crippen molar-refractivity contribution < 1.29 is 9.15 Å². The highest BCUT2D eigenvalue weighted by atomic mass is 32.2. The summed E-state index contributed by atoms with van der Waals surface area (Å²) in [6, 6.07) is 9.56. The second-order valence-electron chi connectivity index (χ2n) is 4.21. The summed E-state index contributed by atoms with van der Waals surface area (Å²) in [4.78, 5) is 4.38. The first-order chi connectivity index (χ1) is 10.3. The lowest BCUT2D eigenvalue weighted by atomic mass is 10.3. The van der Waals surface area contributed by atoms with Crippen LogP contribution in [0.4, 0.5) is 11.6 Å². The van der Waals surface area contributed by atoms with Gasteiger partial charge in [-0.05, 0) is 18.2 Å². The monoisotopic (exact) mass is 302 g/mol. The Labute approximate surface area is 125 Å². The molecule has 0 atom stereocenters. The normalized spacial score (nSPS) is 10.5. The summed E-state index contributed by atoms with van der Waals surface area (Å²) in [5.41, 5.74) is 1.94. The van der Waals surface area contributed by atoms with Gasteiger partial charge in [0.15, 0.2) is 0 Å². The molecule has 108 valence electrons. The van der Waals surface area contributed by atoms with E-state index in [0.29, 0.717) is 11.1 Å². The first-order valence-corrected chi connectivity index (χ1v) is 7.30. The summed E-state index contributed by atoms with van der Waals surface area (Å²) >= 11 is 1.53. The van der Waals surface area contributed by atoms with Gasteiger partial charge in [-0.15, -0.1) is 5.10 Å². The largest absolute Gasteiger partial charge is 0.495 e. The van der Waals surface area contributed by atoms with E-state index in [9.17, 15) is 0 Å². The smallest absolute Gasteiger partial charge is 0.224 e. The van der Waals surface area contributed by atoms with Crippen LogP contribution in [-0.2, 0) is 5.75 Å². The molecule has 0 radical (unpaired) electrons. The minimum absolute atomic E-state index is 0.578. The number of hydrogen-bond donors (Lipinski definition) is 2. The highest BCUT2D eigenvalue weighted by Crippen LogP contribution is 2.26. The standard InChI is InChI=1S/C14H14N4O2S/c1-19-12-5-3-2-4-11(12)15-13-16-14(18-17-13)21-9-10-6-7-20-8-10/h2-8H,9H2,1H3,(H2,15,16,17,18). The van der Waals surface area contributed by atoms with Gasteiger partial charge in [0.25, 0.3) is 0 Å². The number of nitrogens with zero attached hydrogens (tertiary/aromatic N) is 2. The van der Waals surface area contributed by atoms with Crippen molar-refractivity contribution in [3.8, 4) is 5.75 Å². The quantitative estimate of drug-likeness (QED) is 0.679. The van der Waals surface area contributed by atoms with E-state index in [1.165, 1.54) is 11.8 Å². The van der Waals surface area contributed by atoms with Crippen molar-refractivity contribution in [3.05, 3.63) is 48.4 Å². The molecule has 3 aromatic rings. The minimum atomic E-state index is 0.578. The number of furan rings is 1. The number of nitrogens with one attached hydrogen (secondary N) is 2. The van der Waals surface area contributed by atoms with E-state index < -0.39 is 0 Å². The lowest BCUT2D eigenvalue weighted by molar-refractivity contribution is 0.417. The molecule has 0 aliphatic carbocycles. The number of hydrogen-bond acceptors (Lipinski definition) is 6. The van der Waals surface area contributed by atoms with Crippen LogP contribution in [0.2, 0.25) is 0 Å². The maximum atomic E-state index is 5.28. The van der Waals surface area contributed by atoms with Gasteiger partial charge < -0.3 is 14.5 Å². The summed E-state index contributed by atoms with van der Waals surface area (Å²) in [6.07, 6.45) is 3.37. The molecule has 7 heteroatoms. The number of aromatic nitrogens is 3. The Morgan fingerprint density at radius 2 is 2.24 bits per heavy atom. The Balaban J connectivity index is 1.64. The van der Waals surface area contributed by atoms with Crippen LogP contribution in [0.5, 0.6) is 5.75 Å². The lowest BCUT2D eigenvalue weighted by Crippen LogP contribution is -1.95. The maximum Gasteiger partial charge on any atom is 0.224 e. The number of rotatable bonds is 6. The van der Waals surface area contributed by atoms with Gasteiger partial charge in [0, 0.05) is 11.3 Å². The first kappa shape index (κ1) is 13.6. The van der Waals surface area contributed by atoms with Crippen LogP contribution in [-0.4, -0.2) is 22.3 Å². The molecule has 1 aromatic carbocycles. The fourth-order valence-electron chi connectivity index (χ4n) is 1.76. The SMILES string of the molecule is COc1ccccc1Nc1nc(SCc2ccoc2)n[nH]1. The summed E-state index contributed by atoms with van der Waals surface area (Å²) < 4.78 is 10.3.